The van der Waals surface area contributed by atoms with Crippen molar-refractivity contribution in [3.63, 3.8) is 0 Å². The Kier molecular flexibility index (Phi) is 6.13. The third-order valence-corrected chi connectivity index (χ3v) is 5.01. The number of aliphatic carboxylic acids is 2. The first-order valence-corrected chi connectivity index (χ1v) is 8.61. The molecule has 0 aromatic heterocycles. The van der Waals surface area contributed by atoms with E-state index in [1.165, 1.54) is 0 Å². The van der Waals surface area contributed by atoms with Gasteiger partial charge in [-0.2, -0.15) is 0 Å². The van der Waals surface area contributed by atoms with E-state index in [0.717, 1.165) is 6.92 Å². The van der Waals surface area contributed by atoms with Crippen molar-refractivity contribution in [2.45, 2.75) is 74.1 Å². The minimum Gasteiger partial charge on any atom is -0.479 e. The number of rotatable bonds is 4. The van der Waals surface area contributed by atoms with Gasteiger partial charge in [-0.3, -0.25) is 0 Å². The second-order valence-electron chi connectivity index (χ2n) is 7.04. The molecule has 0 spiro atoms. The van der Waals surface area contributed by atoms with Crippen LogP contribution in [0.4, 0.5) is 0 Å². The molecule has 0 radical (unpaired) electrons. The molecule has 0 aromatic rings. The number of carboxylic acid groups (broad SMARTS) is 2. The first kappa shape index (κ1) is 22.2. The highest BCUT2D eigenvalue weighted by Gasteiger charge is 2.56. The van der Waals surface area contributed by atoms with E-state index < -0.39 is 79.1 Å². The molecule has 11 unspecified atom stereocenters. The fourth-order valence-corrected chi connectivity index (χ4v) is 3.30. The normalized spacial score (nSPS) is 50.6. The maximum Gasteiger partial charge on any atom is 0.364 e. The molecule has 14 heteroatoms. The van der Waals surface area contributed by atoms with E-state index in [9.17, 15) is 40.2 Å². The molecule has 3 heterocycles. The summed E-state index contributed by atoms with van der Waals surface area (Å²) in [6.45, 7) is 0.734. The molecule has 29 heavy (non-hydrogen) atoms. The summed E-state index contributed by atoms with van der Waals surface area (Å²) >= 11 is 0. The van der Waals surface area contributed by atoms with Crippen LogP contribution < -0.4 is 0 Å². The molecule has 166 valence electrons. The van der Waals surface area contributed by atoms with E-state index in [1.54, 1.807) is 0 Å². The number of ether oxygens (including phenoxy) is 5. The molecule has 3 aliphatic rings. The lowest BCUT2D eigenvalue weighted by atomic mass is 9.96. The van der Waals surface area contributed by atoms with Crippen LogP contribution in [-0.2, 0) is 33.3 Å². The highest BCUT2D eigenvalue weighted by Crippen LogP contribution is 2.34. The Hall–Kier alpha value is -1.46. The summed E-state index contributed by atoms with van der Waals surface area (Å²) in [6, 6.07) is 0. The van der Waals surface area contributed by atoms with E-state index in [4.69, 9.17) is 28.8 Å². The Balaban J connectivity index is 1.75. The fraction of sp³-hybridized carbons (Fsp3) is 0.867. The zero-order valence-electron chi connectivity index (χ0n) is 15.0. The quantitative estimate of drug-likeness (QED) is 0.225. The van der Waals surface area contributed by atoms with Crippen LogP contribution in [-0.4, -0.2) is 121 Å². The predicted molar refractivity (Wildman–Crippen MR) is 82.9 cm³/mol. The number of hydrogen-bond acceptors (Lipinski definition) is 12. The van der Waals surface area contributed by atoms with Crippen molar-refractivity contribution in [3.05, 3.63) is 0 Å². The molecule has 14 nitrogen and oxygen atoms in total. The van der Waals surface area contributed by atoms with E-state index in [1.807, 2.05) is 0 Å². The predicted octanol–water partition coefficient (Wildman–Crippen LogP) is -4.44. The monoisotopic (exact) mass is 426 g/mol. The van der Waals surface area contributed by atoms with Gasteiger partial charge in [0.05, 0.1) is 6.61 Å². The second kappa shape index (κ2) is 7.99. The van der Waals surface area contributed by atoms with E-state index in [2.05, 4.69) is 0 Å². The van der Waals surface area contributed by atoms with Crippen LogP contribution in [0.1, 0.15) is 6.92 Å². The highest BCUT2D eigenvalue weighted by atomic mass is 16.8. The average molecular weight is 426 g/mol. The van der Waals surface area contributed by atoms with Crippen LogP contribution in [0, 0.1) is 0 Å². The van der Waals surface area contributed by atoms with Crippen LogP contribution in [0.15, 0.2) is 0 Å². The van der Waals surface area contributed by atoms with Crippen LogP contribution >= 0.6 is 0 Å². The number of aliphatic hydroxyl groups is 5. The van der Waals surface area contributed by atoms with Gasteiger partial charge in [0.15, 0.2) is 18.7 Å². The molecular formula is C15H22O14. The lowest BCUT2D eigenvalue weighted by Gasteiger charge is -2.49. The van der Waals surface area contributed by atoms with Crippen LogP contribution in [0.3, 0.4) is 0 Å². The maximum absolute atomic E-state index is 11.4. The molecule has 0 bridgehead atoms. The third-order valence-electron chi connectivity index (χ3n) is 5.01. The number of aliphatic hydroxyl groups excluding tert-OH is 5. The molecule has 3 saturated heterocycles. The zero-order chi connectivity index (χ0) is 21.7. The molecule has 0 saturated carbocycles. The van der Waals surface area contributed by atoms with Crippen LogP contribution in [0.5, 0.6) is 0 Å². The molecule has 7 N–H and O–H groups in total. The Bertz CT molecular complexity index is 641. The highest BCUT2D eigenvalue weighted by molar-refractivity contribution is 5.75. The van der Waals surface area contributed by atoms with Crippen molar-refractivity contribution in [3.8, 4) is 0 Å². The molecule has 11 atom stereocenters. The lowest BCUT2D eigenvalue weighted by molar-refractivity contribution is -0.393. The van der Waals surface area contributed by atoms with E-state index in [0.29, 0.717) is 0 Å². The van der Waals surface area contributed by atoms with Gasteiger partial charge in [-0.1, -0.05) is 0 Å². The third kappa shape index (κ3) is 3.96. The summed E-state index contributed by atoms with van der Waals surface area (Å²) in [5.74, 6) is -5.18. The summed E-state index contributed by atoms with van der Waals surface area (Å²) in [7, 11) is 0. The van der Waals surface area contributed by atoms with Crippen molar-refractivity contribution in [2.75, 3.05) is 6.61 Å². The van der Waals surface area contributed by atoms with Gasteiger partial charge in [-0.05, 0) is 0 Å². The van der Waals surface area contributed by atoms with Crippen molar-refractivity contribution >= 4 is 11.9 Å². The summed E-state index contributed by atoms with van der Waals surface area (Å²) < 4.78 is 25.7. The number of fused-ring (bicyclic) bond motifs is 1. The summed E-state index contributed by atoms with van der Waals surface area (Å²) in [5.41, 5.74) is 0. The number of carboxylic acids is 2. The van der Waals surface area contributed by atoms with Gasteiger partial charge >= 0.3 is 11.9 Å². The topological polar surface area (TPSA) is 222 Å². The van der Waals surface area contributed by atoms with Crippen molar-refractivity contribution in [2.24, 2.45) is 0 Å². The van der Waals surface area contributed by atoms with E-state index in [-0.39, 0.29) is 6.61 Å². The standard InChI is InChI=1S/C15H22O14/c1-15(14(23)24)25-2-3-8(29-15)5(17)7(19)13(26-3)28-9-4(16)6(18)12(22)27-10(9)11(20)21/h3-10,12-13,16-19,22H,2H2,1H3,(H,20,21)(H,23,24). The summed E-state index contributed by atoms with van der Waals surface area (Å²) in [5, 5.41) is 68.3. The minimum atomic E-state index is -2.08. The first-order chi connectivity index (χ1) is 13.5. The smallest absolute Gasteiger partial charge is 0.364 e. The van der Waals surface area contributed by atoms with Crippen LogP contribution in [0.2, 0.25) is 0 Å². The van der Waals surface area contributed by atoms with Gasteiger partial charge in [0, 0.05) is 6.92 Å². The Morgan fingerprint density at radius 3 is 2.21 bits per heavy atom. The average Bonchev–Trinajstić information content (AvgIpc) is 2.66. The van der Waals surface area contributed by atoms with Crippen LogP contribution in [0.25, 0.3) is 0 Å². The van der Waals surface area contributed by atoms with Gasteiger partial charge < -0.3 is 59.4 Å². The Labute approximate surface area is 162 Å². The van der Waals surface area contributed by atoms with Gasteiger partial charge in [0.25, 0.3) is 5.79 Å². The molecular weight excluding hydrogens is 404 g/mol. The van der Waals surface area contributed by atoms with Crippen molar-refractivity contribution in [1.82, 2.24) is 0 Å². The molecule has 0 aliphatic carbocycles. The zero-order valence-corrected chi connectivity index (χ0v) is 15.0. The summed E-state index contributed by atoms with van der Waals surface area (Å²) in [4.78, 5) is 22.6. The Morgan fingerprint density at radius 2 is 1.62 bits per heavy atom. The largest absolute Gasteiger partial charge is 0.479 e. The van der Waals surface area contributed by atoms with Gasteiger partial charge in [-0.15, -0.1) is 0 Å². The van der Waals surface area contributed by atoms with E-state index >= 15 is 0 Å². The first-order valence-electron chi connectivity index (χ1n) is 8.61. The van der Waals surface area contributed by atoms with Crippen molar-refractivity contribution in [1.29, 1.82) is 0 Å². The molecule has 3 fully saturated rings. The molecule has 0 aromatic carbocycles. The minimum absolute atomic E-state index is 0.371. The fourth-order valence-electron chi connectivity index (χ4n) is 3.30. The number of carbonyl (C=O) groups is 2. The maximum atomic E-state index is 11.4. The Morgan fingerprint density at radius 1 is 0.966 bits per heavy atom. The number of hydrogen-bond donors (Lipinski definition) is 7. The molecule has 3 rings (SSSR count). The van der Waals surface area contributed by atoms with Gasteiger partial charge in [0.1, 0.15) is 42.7 Å². The lowest BCUT2D eigenvalue weighted by Crippen LogP contribution is -2.68. The second-order valence-corrected chi connectivity index (χ2v) is 7.04. The molecule has 0 amide bonds. The van der Waals surface area contributed by atoms with Gasteiger partial charge in [0.2, 0.25) is 0 Å². The summed E-state index contributed by atoms with van der Waals surface area (Å²) in [6.07, 6.45) is -17.3. The molecule has 3 aliphatic heterocycles. The van der Waals surface area contributed by atoms with Crippen molar-refractivity contribution < 1.29 is 69.0 Å². The van der Waals surface area contributed by atoms with Gasteiger partial charge in [-0.25, -0.2) is 9.59 Å². The SMILES string of the molecule is CC1(C(=O)O)OCC2OC(OC3C(C(=O)O)OC(O)C(O)C3O)C(O)C(O)C2O1.